The van der Waals surface area contributed by atoms with Gasteiger partial charge in [0.2, 0.25) is 11.8 Å². The molecule has 1 atom stereocenters. The van der Waals surface area contributed by atoms with Gasteiger partial charge in [-0.1, -0.05) is 36.5 Å². The van der Waals surface area contributed by atoms with Crippen molar-refractivity contribution in [1.82, 2.24) is 10.2 Å². The first-order chi connectivity index (χ1) is 9.52. The zero-order valence-corrected chi connectivity index (χ0v) is 12.7. The minimum absolute atomic E-state index is 0.0389. The van der Waals surface area contributed by atoms with Crippen LogP contribution < -0.4 is 5.32 Å². The number of hydrogen-bond donors (Lipinski definition) is 1. The largest absolute Gasteiger partial charge is 0.345 e. The number of amides is 2. The van der Waals surface area contributed by atoms with Gasteiger partial charge in [0.15, 0.2) is 0 Å². The summed E-state index contributed by atoms with van der Waals surface area (Å²) in [5, 5.41) is 3.72. The highest BCUT2D eigenvalue weighted by atomic mass is 35.5. The molecule has 1 N–H and O–H groups in total. The summed E-state index contributed by atoms with van der Waals surface area (Å²) >= 11 is 12.1. The number of hydrogen-bond acceptors (Lipinski definition) is 2. The molecule has 20 heavy (non-hydrogen) atoms. The van der Waals surface area contributed by atoms with Gasteiger partial charge in [0.05, 0.1) is 6.54 Å². The van der Waals surface area contributed by atoms with Crippen LogP contribution in [0.15, 0.2) is 18.2 Å². The Morgan fingerprint density at radius 1 is 1.35 bits per heavy atom. The van der Waals surface area contributed by atoms with Crippen molar-refractivity contribution < 1.29 is 9.59 Å². The van der Waals surface area contributed by atoms with Crippen LogP contribution >= 0.6 is 23.2 Å². The number of halogens is 2. The van der Waals surface area contributed by atoms with Crippen molar-refractivity contribution in [3.63, 3.8) is 0 Å². The van der Waals surface area contributed by atoms with E-state index in [-0.39, 0.29) is 18.4 Å². The Hall–Kier alpha value is -1.26. The summed E-state index contributed by atoms with van der Waals surface area (Å²) in [6, 6.07) is 4.69. The first-order valence-electron chi connectivity index (χ1n) is 6.54. The van der Waals surface area contributed by atoms with Gasteiger partial charge in [-0.15, -0.1) is 0 Å². The molecule has 2 rings (SSSR count). The Kier molecular flexibility index (Phi) is 4.89. The van der Waals surface area contributed by atoms with Gasteiger partial charge in [-0.2, -0.15) is 0 Å². The average molecular weight is 315 g/mol. The first kappa shape index (κ1) is 15.1. The van der Waals surface area contributed by atoms with E-state index in [2.05, 4.69) is 5.32 Å². The molecule has 0 saturated carbocycles. The van der Waals surface area contributed by atoms with E-state index in [4.69, 9.17) is 23.2 Å². The Morgan fingerprint density at radius 2 is 2.10 bits per heavy atom. The van der Waals surface area contributed by atoms with Crippen molar-refractivity contribution in [1.29, 1.82) is 0 Å². The highest BCUT2D eigenvalue weighted by molar-refractivity contribution is 6.33. The Labute approximate surface area is 128 Å². The van der Waals surface area contributed by atoms with Crippen LogP contribution in [-0.4, -0.2) is 29.3 Å². The van der Waals surface area contributed by atoms with Crippen LogP contribution in [0.1, 0.15) is 25.3 Å². The summed E-state index contributed by atoms with van der Waals surface area (Å²) in [5.41, 5.74) is 0.753. The van der Waals surface area contributed by atoms with E-state index >= 15 is 0 Å². The van der Waals surface area contributed by atoms with Crippen molar-refractivity contribution in [2.75, 3.05) is 6.54 Å². The number of nitrogens with one attached hydrogen (secondary N) is 1. The molecule has 0 aliphatic carbocycles. The van der Waals surface area contributed by atoms with E-state index in [1.807, 2.05) is 6.92 Å². The predicted octanol–water partition coefficient (Wildman–Crippen LogP) is 2.62. The van der Waals surface area contributed by atoms with Crippen LogP contribution in [-0.2, 0) is 16.1 Å². The molecule has 1 aromatic rings. The minimum Gasteiger partial charge on any atom is -0.345 e. The van der Waals surface area contributed by atoms with Crippen molar-refractivity contribution in [2.45, 2.75) is 32.4 Å². The second-order valence-electron chi connectivity index (χ2n) is 4.78. The number of piperazine rings is 1. The smallest absolute Gasteiger partial charge is 0.243 e. The summed E-state index contributed by atoms with van der Waals surface area (Å²) < 4.78 is 0. The fourth-order valence-electron chi connectivity index (χ4n) is 2.30. The second-order valence-corrected chi connectivity index (χ2v) is 5.62. The van der Waals surface area contributed by atoms with Gasteiger partial charge in [0.25, 0.3) is 0 Å². The summed E-state index contributed by atoms with van der Waals surface area (Å²) in [5.74, 6) is -0.205. The van der Waals surface area contributed by atoms with Crippen LogP contribution in [0.5, 0.6) is 0 Å². The molecule has 1 saturated heterocycles. The molecule has 1 aliphatic heterocycles. The van der Waals surface area contributed by atoms with Crippen LogP contribution in [0.2, 0.25) is 10.0 Å². The predicted molar refractivity (Wildman–Crippen MR) is 78.7 cm³/mol. The molecular weight excluding hydrogens is 299 g/mol. The maximum Gasteiger partial charge on any atom is 0.243 e. The zero-order valence-electron chi connectivity index (χ0n) is 11.2. The van der Waals surface area contributed by atoms with Crippen molar-refractivity contribution in [2.24, 2.45) is 0 Å². The lowest BCUT2D eigenvalue weighted by atomic mass is 10.1. The molecule has 1 unspecified atom stereocenters. The molecule has 1 fully saturated rings. The van der Waals surface area contributed by atoms with Crippen molar-refractivity contribution >= 4 is 35.0 Å². The van der Waals surface area contributed by atoms with E-state index in [0.29, 0.717) is 23.0 Å². The number of carbonyl (C=O) groups is 2. The lowest BCUT2D eigenvalue weighted by Crippen LogP contribution is -2.57. The first-order valence-corrected chi connectivity index (χ1v) is 7.29. The third-order valence-corrected chi connectivity index (χ3v) is 3.93. The monoisotopic (exact) mass is 314 g/mol. The van der Waals surface area contributed by atoms with E-state index in [1.54, 1.807) is 23.1 Å². The van der Waals surface area contributed by atoms with Gasteiger partial charge in [0.1, 0.15) is 6.04 Å². The molecule has 6 heteroatoms. The number of nitrogens with zero attached hydrogens (tertiary/aromatic N) is 1. The van der Waals surface area contributed by atoms with Crippen LogP contribution in [0.3, 0.4) is 0 Å². The van der Waals surface area contributed by atoms with Crippen LogP contribution in [0, 0.1) is 0 Å². The average Bonchev–Trinajstić information content (AvgIpc) is 2.42. The van der Waals surface area contributed by atoms with Gasteiger partial charge in [-0.25, -0.2) is 0 Å². The van der Waals surface area contributed by atoms with E-state index in [9.17, 15) is 9.59 Å². The maximum atomic E-state index is 12.1. The van der Waals surface area contributed by atoms with Gasteiger partial charge in [0, 0.05) is 16.6 Å². The molecule has 1 aliphatic rings. The molecule has 0 aromatic heterocycles. The van der Waals surface area contributed by atoms with Gasteiger partial charge in [-0.05, 0) is 30.2 Å². The Morgan fingerprint density at radius 3 is 2.80 bits per heavy atom. The molecule has 2 amide bonds. The van der Waals surface area contributed by atoms with E-state index in [0.717, 1.165) is 12.0 Å². The fraction of sp³-hybridized carbons (Fsp3) is 0.429. The highest BCUT2D eigenvalue weighted by Gasteiger charge is 2.33. The molecule has 1 heterocycles. The van der Waals surface area contributed by atoms with Gasteiger partial charge in [-0.3, -0.25) is 9.59 Å². The molecule has 4 nitrogen and oxygen atoms in total. The number of benzene rings is 1. The summed E-state index contributed by atoms with van der Waals surface area (Å²) in [6.07, 6.45) is 1.46. The van der Waals surface area contributed by atoms with Gasteiger partial charge < -0.3 is 10.2 Å². The maximum absolute atomic E-state index is 12.1. The zero-order chi connectivity index (χ0) is 14.7. The van der Waals surface area contributed by atoms with Crippen LogP contribution in [0.4, 0.5) is 0 Å². The molecule has 1 aromatic carbocycles. The molecular formula is C14H16Cl2N2O2. The summed E-state index contributed by atoms with van der Waals surface area (Å²) in [7, 11) is 0. The van der Waals surface area contributed by atoms with Gasteiger partial charge >= 0.3 is 0 Å². The van der Waals surface area contributed by atoms with E-state index in [1.165, 1.54) is 0 Å². The second kappa shape index (κ2) is 6.46. The van der Waals surface area contributed by atoms with Crippen molar-refractivity contribution in [3.8, 4) is 0 Å². The number of rotatable bonds is 4. The molecule has 108 valence electrons. The van der Waals surface area contributed by atoms with E-state index < -0.39 is 6.04 Å². The lowest BCUT2D eigenvalue weighted by molar-refractivity contribution is -0.146. The highest BCUT2D eigenvalue weighted by Crippen LogP contribution is 2.24. The third kappa shape index (κ3) is 3.25. The molecule has 0 bridgehead atoms. The molecule has 0 spiro atoms. The van der Waals surface area contributed by atoms with Crippen LogP contribution in [0.25, 0.3) is 0 Å². The molecule has 0 radical (unpaired) electrons. The summed E-state index contributed by atoms with van der Waals surface area (Å²) in [4.78, 5) is 25.6. The number of carbonyl (C=O) groups excluding carboxylic acids is 2. The van der Waals surface area contributed by atoms with Crippen molar-refractivity contribution in [3.05, 3.63) is 33.8 Å². The Balaban J connectivity index is 2.25. The standard InChI is InChI=1S/C14H16Cl2N2O2/c1-2-3-12-14(20)17-7-13(19)18(12)8-9-6-10(15)4-5-11(9)16/h4-6,12H,2-3,7-8H2,1H3,(H,17,20). The minimum atomic E-state index is -0.434. The summed E-state index contributed by atoms with van der Waals surface area (Å²) in [6.45, 7) is 2.32. The normalized spacial score (nSPS) is 19.1. The third-order valence-electron chi connectivity index (χ3n) is 3.32. The SMILES string of the molecule is CCCC1C(=O)NCC(=O)N1Cc1cc(Cl)ccc1Cl. The Bertz CT molecular complexity index is 534. The quantitative estimate of drug-likeness (QED) is 0.928. The topological polar surface area (TPSA) is 49.4 Å². The lowest BCUT2D eigenvalue weighted by Gasteiger charge is -2.35. The fourth-order valence-corrected chi connectivity index (χ4v) is 2.68.